The molecule has 3 rings (SSSR count). The normalized spacial score (nSPS) is 13.7. The lowest BCUT2D eigenvalue weighted by molar-refractivity contribution is 0.0402. The number of hydrogen-bond donors (Lipinski definition) is 2. The number of benzene rings is 1. The van der Waals surface area contributed by atoms with E-state index in [9.17, 15) is 14.7 Å². The standard InChI is InChI=1S/C21H25BrN2O5S.ClH/c1-5-28-21(27)29-20(26)18-16(12-30-8-6-7-9-30)24(4)15-10-14(22)19(25)13(17(15)18)11-23(2)3;/h6-10,25,30H,5,11-12H2,1-4H3;1H. The van der Waals surface area contributed by atoms with E-state index in [0.29, 0.717) is 27.7 Å². The van der Waals surface area contributed by atoms with Gasteiger partial charge in [-0.1, -0.05) is 12.2 Å². The van der Waals surface area contributed by atoms with Gasteiger partial charge in [0.05, 0.1) is 22.2 Å². The third-order valence-corrected chi connectivity index (χ3v) is 7.13. The molecule has 0 unspecified atom stereocenters. The first kappa shape index (κ1) is 25.3. The molecule has 170 valence electrons. The van der Waals surface area contributed by atoms with Crippen molar-refractivity contribution in [1.29, 1.82) is 0 Å². The molecule has 7 nitrogen and oxygen atoms in total. The van der Waals surface area contributed by atoms with Gasteiger partial charge in [0.2, 0.25) is 0 Å². The molecule has 1 aliphatic rings. The Bertz CT molecular complexity index is 1050. The van der Waals surface area contributed by atoms with E-state index in [4.69, 9.17) is 9.47 Å². The molecule has 2 aromatic rings. The number of fused-ring (bicyclic) bond motifs is 1. The minimum absolute atomic E-state index is 0. The van der Waals surface area contributed by atoms with Crippen molar-refractivity contribution in [2.24, 2.45) is 7.05 Å². The van der Waals surface area contributed by atoms with Crippen molar-refractivity contribution in [3.05, 3.63) is 50.3 Å². The van der Waals surface area contributed by atoms with Crippen molar-refractivity contribution < 1.29 is 24.2 Å². The van der Waals surface area contributed by atoms with Crippen LogP contribution in [-0.2, 0) is 28.8 Å². The molecule has 0 bridgehead atoms. The smallest absolute Gasteiger partial charge is 0.506 e. The zero-order chi connectivity index (χ0) is 22.0. The summed E-state index contributed by atoms with van der Waals surface area (Å²) in [6.45, 7) is 2.15. The van der Waals surface area contributed by atoms with Crippen LogP contribution in [0.2, 0.25) is 0 Å². The summed E-state index contributed by atoms with van der Waals surface area (Å²) in [5.74, 6) is -0.108. The van der Waals surface area contributed by atoms with Crippen LogP contribution in [-0.4, -0.2) is 47.4 Å². The van der Waals surface area contributed by atoms with Crippen molar-refractivity contribution in [2.45, 2.75) is 19.2 Å². The third-order valence-electron chi connectivity index (χ3n) is 4.75. The van der Waals surface area contributed by atoms with Crippen LogP contribution < -0.4 is 0 Å². The molecule has 1 aliphatic heterocycles. The number of esters is 1. The number of carbonyl (C=O) groups excluding carboxylic acids is 2. The minimum Gasteiger partial charge on any atom is -0.506 e. The topological polar surface area (TPSA) is 81.0 Å². The van der Waals surface area contributed by atoms with Crippen molar-refractivity contribution in [3.63, 3.8) is 0 Å². The molecule has 0 saturated heterocycles. The highest BCUT2D eigenvalue weighted by molar-refractivity contribution is 9.10. The predicted molar refractivity (Wildman–Crippen MR) is 130 cm³/mol. The molecule has 0 spiro atoms. The highest BCUT2D eigenvalue weighted by Crippen LogP contribution is 2.43. The molecule has 0 aliphatic carbocycles. The van der Waals surface area contributed by atoms with Gasteiger partial charge >= 0.3 is 12.1 Å². The van der Waals surface area contributed by atoms with Gasteiger partial charge in [0.15, 0.2) is 0 Å². The van der Waals surface area contributed by atoms with Crippen LogP contribution in [0.5, 0.6) is 5.75 Å². The Morgan fingerprint density at radius 2 is 1.90 bits per heavy atom. The molecule has 10 heteroatoms. The van der Waals surface area contributed by atoms with Crippen LogP contribution in [0.4, 0.5) is 4.79 Å². The number of aromatic hydroxyl groups is 1. The van der Waals surface area contributed by atoms with Crippen LogP contribution in [0.15, 0.2) is 33.5 Å². The Morgan fingerprint density at radius 1 is 1.26 bits per heavy atom. The average Bonchev–Trinajstić information content (AvgIpc) is 3.27. The summed E-state index contributed by atoms with van der Waals surface area (Å²) >= 11 is 3.42. The van der Waals surface area contributed by atoms with Gasteiger partial charge in [-0.15, -0.1) is 12.4 Å². The Morgan fingerprint density at radius 3 is 2.48 bits per heavy atom. The number of aromatic nitrogens is 1. The second-order valence-corrected chi connectivity index (χ2v) is 9.92. The number of nitrogens with zero attached hydrogens (tertiary/aromatic N) is 2. The van der Waals surface area contributed by atoms with Gasteiger partial charge in [-0.2, -0.15) is 0 Å². The fourth-order valence-corrected chi connectivity index (χ4v) is 5.60. The molecule has 0 fully saturated rings. The monoisotopic (exact) mass is 532 g/mol. The van der Waals surface area contributed by atoms with Gasteiger partial charge in [0.1, 0.15) is 5.75 Å². The fourth-order valence-electron chi connectivity index (χ4n) is 3.48. The predicted octanol–water partition coefficient (Wildman–Crippen LogP) is 4.99. The lowest BCUT2D eigenvalue weighted by Crippen LogP contribution is -2.16. The van der Waals surface area contributed by atoms with Crippen LogP contribution >= 0.6 is 39.2 Å². The third kappa shape index (κ3) is 5.28. The van der Waals surface area contributed by atoms with E-state index in [2.05, 4.69) is 26.7 Å². The second-order valence-electron chi connectivity index (χ2n) is 7.13. The molecule has 0 radical (unpaired) electrons. The number of aryl methyl sites for hydroxylation is 1. The number of ether oxygens (including phenoxy) is 2. The Labute approximate surface area is 198 Å². The number of rotatable bonds is 6. The largest absolute Gasteiger partial charge is 0.516 e. The maximum Gasteiger partial charge on any atom is 0.516 e. The van der Waals surface area contributed by atoms with Crippen LogP contribution in [0.3, 0.4) is 0 Å². The van der Waals surface area contributed by atoms with Crippen molar-refractivity contribution in [3.8, 4) is 5.75 Å². The van der Waals surface area contributed by atoms with Crippen LogP contribution in [0.1, 0.15) is 28.5 Å². The summed E-state index contributed by atoms with van der Waals surface area (Å²) in [5.41, 5.74) is 2.40. The van der Waals surface area contributed by atoms with Gasteiger partial charge in [0.25, 0.3) is 0 Å². The molecule has 31 heavy (non-hydrogen) atoms. The first-order valence-electron chi connectivity index (χ1n) is 9.40. The molecule has 1 aromatic heterocycles. The van der Waals surface area contributed by atoms with Crippen molar-refractivity contribution >= 4 is 62.3 Å². The van der Waals surface area contributed by atoms with E-state index >= 15 is 0 Å². The number of hydrogen-bond acceptors (Lipinski definition) is 6. The van der Waals surface area contributed by atoms with E-state index in [0.717, 1.165) is 11.2 Å². The zero-order valence-electron chi connectivity index (χ0n) is 17.7. The van der Waals surface area contributed by atoms with Crippen LogP contribution in [0, 0.1) is 0 Å². The average molecular weight is 534 g/mol. The maximum atomic E-state index is 13.1. The van der Waals surface area contributed by atoms with Gasteiger partial charge in [0, 0.05) is 36.0 Å². The summed E-state index contributed by atoms with van der Waals surface area (Å²) in [6, 6.07) is 1.78. The number of halogens is 2. The quantitative estimate of drug-likeness (QED) is 0.309. The summed E-state index contributed by atoms with van der Waals surface area (Å²) in [6.07, 6.45) is 2.95. The number of phenolic OH excluding ortho intramolecular Hbond substituents is 1. The summed E-state index contributed by atoms with van der Waals surface area (Å²) in [7, 11) is 5.06. The maximum absolute atomic E-state index is 13.1. The van der Waals surface area contributed by atoms with Crippen molar-refractivity contribution in [1.82, 2.24) is 9.47 Å². The van der Waals surface area contributed by atoms with E-state index in [-0.39, 0.29) is 30.3 Å². The molecular formula is C21H26BrClN2O5S. The molecule has 1 aromatic carbocycles. The van der Waals surface area contributed by atoms with Gasteiger partial charge in [-0.05, 0) is 53.8 Å². The number of thiol groups is 1. The number of allylic oxidation sites excluding steroid dienone is 2. The number of phenols is 1. The minimum atomic E-state index is -1.03. The Hall–Kier alpha value is -1.94. The van der Waals surface area contributed by atoms with Crippen LogP contribution in [0.25, 0.3) is 10.9 Å². The van der Waals surface area contributed by atoms with E-state index < -0.39 is 23.0 Å². The molecule has 2 heterocycles. The Kier molecular flexibility index (Phi) is 8.65. The SMILES string of the molecule is CCOC(=O)OC(=O)c1c(C[SH]2C=CC=C2)n(C)c2cc(Br)c(O)c(CN(C)C)c12.Cl. The highest BCUT2D eigenvalue weighted by atomic mass is 79.9. The molecule has 0 amide bonds. The van der Waals surface area contributed by atoms with Gasteiger partial charge in [-0.3, -0.25) is 0 Å². The summed E-state index contributed by atoms with van der Waals surface area (Å²) in [5, 5.41) is 15.6. The van der Waals surface area contributed by atoms with Gasteiger partial charge in [-0.25, -0.2) is 20.5 Å². The molecule has 1 N–H and O–H groups in total. The molecule has 0 saturated carbocycles. The second kappa shape index (κ2) is 10.6. The molecule has 0 atom stereocenters. The van der Waals surface area contributed by atoms with Gasteiger partial charge < -0.3 is 24.0 Å². The first-order valence-corrected chi connectivity index (χ1v) is 11.9. The van der Waals surface area contributed by atoms with E-state index in [1.54, 1.807) is 13.0 Å². The molecular weight excluding hydrogens is 508 g/mol. The van der Waals surface area contributed by atoms with Crippen molar-refractivity contribution in [2.75, 3.05) is 20.7 Å². The number of carbonyl (C=O) groups is 2. The summed E-state index contributed by atoms with van der Waals surface area (Å²) < 4.78 is 12.2. The van der Waals surface area contributed by atoms with E-state index in [1.165, 1.54) is 0 Å². The zero-order valence-corrected chi connectivity index (χ0v) is 21.0. The Balaban J connectivity index is 0.00000341. The fraction of sp³-hybridized carbons (Fsp3) is 0.333. The first-order chi connectivity index (χ1) is 14.2. The lowest BCUT2D eigenvalue weighted by atomic mass is 10.0. The lowest BCUT2D eigenvalue weighted by Gasteiger charge is -2.15. The summed E-state index contributed by atoms with van der Waals surface area (Å²) in [4.78, 5) is 26.9. The highest BCUT2D eigenvalue weighted by Gasteiger charge is 2.29. The van der Waals surface area contributed by atoms with E-state index in [1.807, 2.05) is 42.8 Å².